The maximum absolute atomic E-state index is 6.13. The number of aromatic nitrogens is 2. The Labute approximate surface area is 103 Å². The standard InChI is InChI=1S/C13H22N4/c1-2-11-7-13(17-9-16-11)15-8-10-5-3-4-6-12(10)14/h7,9-10,12H,2-6,8,14H2,1H3,(H,15,16,17). The highest BCUT2D eigenvalue weighted by Gasteiger charge is 2.21. The summed E-state index contributed by atoms with van der Waals surface area (Å²) in [5.41, 5.74) is 7.21. The van der Waals surface area contributed by atoms with Gasteiger partial charge in [-0.2, -0.15) is 0 Å². The molecule has 4 heteroatoms. The average Bonchev–Trinajstić information content (AvgIpc) is 2.38. The first kappa shape index (κ1) is 12.3. The smallest absolute Gasteiger partial charge is 0.129 e. The summed E-state index contributed by atoms with van der Waals surface area (Å²) in [6.45, 7) is 3.03. The Balaban J connectivity index is 1.88. The summed E-state index contributed by atoms with van der Waals surface area (Å²) in [6.07, 6.45) is 7.56. The van der Waals surface area contributed by atoms with E-state index in [-0.39, 0.29) is 0 Å². The SMILES string of the molecule is CCc1cc(NCC2CCCCC2N)ncn1. The second-order valence-electron chi connectivity index (χ2n) is 4.84. The largest absolute Gasteiger partial charge is 0.370 e. The molecular formula is C13H22N4. The Morgan fingerprint density at radius 2 is 2.18 bits per heavy atom. The van der Waals surface area contributed by atoms with Crippen LogP contribution < -0.4 is 11.1 Å². The van der Waals surface area contributed by atoms with Crippen molar-refractivity contribution in [3.05, 3.63) is 18.1 Å². The highest BCUT2D eigenvalue weighted by atomic mass is 15.0. The van der Waals surface area contributed by atoms with Gasteiger partial charge in [-0.3, -0.25) is 0 Å². The second-order valence-corrected chi connectivity index (χ2v) is 4.84. The zero-order chi connectivity index (χ0) is 12.1. The van der Waals surface area contributed by atoms with Crippen molar-refractivity contribution in [1.82, 2.24) is 9.97 Å². The number of nitrogens with two attached hydrogens (primary N) is 1. The molecule has 1 fully saturated rings. The quantitative estimate of drug-likeness (QED) is 0.836. The first-order valence-corrected chi connectivity index (χ1v) is 6.60. The number of hydrogen-bond donors (Lipinski definition) is 2. The van der Waals surface area contributed by atoms with Gasteiger partial charge >= 0.3 is 0 Å². The zero-order valence-corrected chi connectivity index (χ0v) is 10.5. The van der Waals surface area contributed by atoms with Gasteiger partial charge in [0.15, 0.2) is 0 Å². The molecule has 4 nitrogen and oxygen atoms in total. The molecule has 2 atom stereocenters. The Bertz CT molecular complexity index is 353. The van der Waals surface area contributed by atoms with Crippen LogP contribution in [0.1, 0.15) is 38.3 Å². The first-order valence-electron chi connectivity index (χ1n) is 6.60. The number of anilines is 1. The molecular weight excluding hydrogens is 212 g/mol. The topological polar surface area (TPSA) is 63.8 Å². The summed E-state index contributed by atoms with van der Waals surface area (Å²) in [5, 5.41) is 3.39. The van der Waals surface area contributed by atoms with Crippen LogP contribution in [-0.4, -0.2) is 22.6 Å². The minimum Gasteiger partial charge on any atom is -0.370 e. The van der Waals surface area contributed by atoms with Crippen LogP contribution in [0.15, 0.2) is 12.4 Å². The van der Waals surface area contributed by atoms with Crippen molar-refractivity contribution >= 4 is 5.82 Å². The van der Waals surface area contributed by atoms with E-state index in [1.807, 2.05) is 6.07 Å². The lowest BCUT2D eigenvalue weighted by Gasteiger charge is -2.28. The van der Waals surface area contributed by atoms with Gasteiger partial charge in [-0.1, -0.05) is 19.8 Å². The van der Waals surface area contributed by atoms with Crippen molar-refractivity contribution in [3.8, 4) is 0 Å². The van der Waals surface area contributed by atoms with Crippen molar-refractivity contribution in [2.24, 2.45) is 11.7 Å². The molecule has 1 aromatic heterocycles. The molecule has 0 spiro atoms. The minimum absolute atomic E-state index is 0.351. The van der Waals surface area contributed by atoms with Gasteiger partial charge in [-0.25, -0.2) is 9.97 Å². The van der Waals surface area contributed by atoms with E-state index in [9.17, 15) is 0 Å². The molecule has 0 aliphatic heterocycles. The molecule has 94 valence electrons. The molecule has 0 aromatic carbocycles. The van der Waals surface area contributed by atoms with E-state index >= 15 is 0 Å². The van der Waals surface area contributed by atoms with Crippen molar-refractivity contribution in [2.75, 3.05) is 11.9 Å². The fraction of sp³-hybridized carbons (Fsp3) is 0.692. The van der Waals surface area contributed by atoms with E-state index < -0.39 is 0 Å². The van der Waals surface area contributed by atoms with Gasteiger partial charge < -0.3 is 11.1 Å². The molecule has 1 aromatic rings. The number of nitrogens with one attached hydrogen (secondary N) is 1. The molecule has 3 N–H and O–H groups in total. The molecule has 0 radical (unpaired) electrons. The van der Waals surface area contributed by atoms with Crippen LogP contribution in [0.5, 0.6) is 0 Å². The van der Waals surface area contributed by atoms with Crippen LogP contribution in [0.3, 0.4) is 0 Å². The van der Waals surface area contributed by atoms with Gasteiger partial charge in [0, 0.05) is 24.3 Å². The fourth-order valence-corrected chi connectivity index (χ4v) is 2.41. The number of rotatable bonds is 4. The van der Waals surface area contributed by atoms with Gasteiger partial charge in [0.1, 0.15) is 12.1 Å². The van der Waals surface area contributed by atoms with E-state index in [4.69, 9.17) is 5.73 Å². The predicted molar refractivity (Wildman–Crippen MR) is 69.8 cm³/mol. The maximum Gasteiger partial charge on any atom is 0.129 e. The molecule has 2 rings (SSSR count). The van der Waals surface area contributed by atoms with Gasteiger partial charge in [0.25, 0.3) is 0 Å². The summed E-state index contributed by atoms with van der Waals surface area (Å²) in [4.78, 5) is 8.43. The van der Waals surface area contributed by atoms with E-state index in [2.05, 4.69) is 22.2 Å². The summed E-state index contributed by atoms with van der Waals surface area (Å²) in [7, 11) is 0. The number of nitrogens with zero attached hydrogens (tertiary/aromatic N) is 2. The van der Waals surface area contributed by atoms with Crippen LogP contribution in [0.2, 0.25) is 0 Å². The molecule has 1 saturated carbocycles. The monoisotopic (exact) mass is 234 g/mol. The first-order chi connectivity index (χ1) is 8.29. The molecule has 1 heterocycles. The summed E-state index contributed by atoms with van der Waals surface area (Å²) < 4.78 is 0. The molecule has 0 bridgehead atoms. The lowest BCUT2D eigenvalue weighted by Crippen LogP contribution is -2.37. The molecule has 17 heavy (non-hydrogen) atoms. The number of hydrogen-bond acceptors (Lipinski definition) is 4. The molecule has 1 aliphatic rings. The molecule has 0 saturated heterocycles. The van der Waals surface area contributed by atoms with Crippen LogP contribution in [0, 0.1) is 5.92 Å². The second kappa shape index (κ2) is 5.96. The lowest BCUT2D eigenvalue weighted by molar-refractivity contribution is 0.321. The van der Waals surface area contributed by atoms with Crippen LogP contribution in [0.4, 0.5) is 5.82 Å². The molecule has 0 amide bonds. The highest BCUT2D eigenvalue weighted by molar-refractivity contribution is 5.34. The van der Waals surface area contributed by atoms with E-state index in [1.165, 1.54) is 19.3 Å². The number of aryl methyl sites for hydroxylation is 1. The van der Waals surface area contributed by atoms with Gasteiger partial charge in [-0.05, 0) is 25.2 Å². The van der Waals surface area contributed by atoms with E-state index in [0.717, 1.165) is 30.9 Å². The van der Waals surface area contributed by atoms with Crippen LogP contribution in [-0.2, 0) is 6.42 Å². The Morgan fingerprint density at radius 1 is 1.35 bits per heavy atom. The van der Waals surface area contributed by atoms with Crippen molar-refractivity contribution in [3.63, 3.8) is 0 Å². The zero-order valence-electron chi connectivity index (χ0n) is 10.5. The van der Waals surface area contributed by atoms with Gasteiger partial charge in [0.05, 0.1) is 0 Å². The summed E-state index contributed by atoms with van der Waals surface area (Å²) >= 11 is 0. The lowest BCUT2D eigenvalue weighted by atomic mass is 9.85. The third-order valence-corrected chi connectivity index (χ3v) is 3.60. The third kappa shape index (κ3) is 3.40. The van der Waals surface area contributed by atoms with E-state index in [0.29, 0.717) is 12.0 Å². The normalized spacial score (nSPS) is 24.6. The van der Waals surface area contributed by atoms with Gasteiger partial charge in [-0.15, -0.1) is 0 Å². The maximum atomic E-state index is 6.13. The average molecular weight is 234 g/mol. The van der Waals surface area contributed by atoms with Crippen molar-refractivity contribution in [1.29, 1.82) is 0 Å². The predicted octanol–water partition coefficient (Wildman–Crippen LogP) is 1.97. The fourth-order valence-electron chi connectivity index (χ4n) is 2.41. The molecule has 2 unspecified atom stereocenters. The summed E-state index contributed by atoms with van der Waals surface area (Å²) in [5.74, 6) is 1.51. The van der Waals surface area contributed by atoms with Gasteiger partial charge in [0.2, 0.25) is 0 Å². The third-order valence-electron chi connectivity index (χ3n) is 3.60. The minimum atomic E-state index is 0.351. The Kier molecular flexibility index (Phi) is 4.31. The van der Waals surface area contributed by atoms with Crippen LogP contribution in [0.25, 0.3) is 0 Å². The summed E-state index contributed by atoms with van der Waals surface area (Å²) in [6, 6.07) is 2.37. The van der Waals surface area contributed by atoms with Crippen molar-refractivity contribution in [2.45, 2.75) is 45.1 Å². The Hall–Kier alpha value is -1.16. The van der Waals surface area contributed by atoms with Crippen LogP contribution >= 0.6 is 0 Å². The molecule has 1 aliphatic carbocycles. The Morgan fingerprint density at radius 3 is 2.94 bits per heavy atom. The van der Waals surface area contributed by atoms with Crippen molar-refractivity contribution < 1.29 is 0 Å². The van der Waals surface area contributed by atoms with E-state index in [1.54, 1.807) is 6.33 Å². The highest BCUT2D eigenvalue weighted by Crippen LogP contribution is 2.23.